The first-order valence-corrected chi connectivity index (χ1v) is 8.57. The van der Waals surface area contributed by atoms with Gasteiger partial charge >= 0.3 is 0 Å². The fourth-order valence-electron chi connectivity index (χ4n) is 2.51. The van der Waals surface area contributed by atoms with Crippen LogP contribution in [0.3, 0.4) is 0 Å². The van der Waals surface area contributed by atoms with Crippen LogP contribution in [0.4, 0.5) is 4.39 Å². The molecule has 0 bridgehead atoms. The summed E-state index contributed by atoms with van der Waals surface area (Å²) in [5, 5.41) is 10.8. The number of nitrogens with zero attached hydrogens (tertiary/aromatic N) is 3. The summed E-state index contributed by atoms with van der Waals surface area (Å²) in [6, 6.07) is 11.4. The first-order valence-electron chi connectivity index (χ1n) is 7.78. The minimum Gasteiger partial charge on any atom is -0.496 e. The molecule has 3 aromatic rings. The average molecular weight is 419 g/mol. The lowest BCUT2D eigenvalue weighted by Gasteiger charge is -2.10. The first kappa shape index (κ1) is 18.1. The average Bonchev–Trinajstić information content (AvgIpc) is 3.02. The molecular formula is C18H16BrFN4O2. The van der Waals surface area contributed by atoms with E-state index in [1.807, 2.05) is 18.2 Å². The predicted molar refractivity (Wildman–Crippen MR) is 97.9 cm³/mol. The van der Waals surface area contributed by atoms with Gasteiger partial charge in [0.25, 0.3) is 5.91 Å². The van der Waals surface area contributed by atoms with E-state index in [0.717, 1.165) is 10.0 Å². The van der Waals surface area contributed by atoms with Gasteiger partial charge in [-0.15, -0.1) is 5.10 Å². The van der Waals surface area contributed by atoms with Crippen molar-refractivity contribution in [2.24, 2.45) is 0 Å². The van der Waals surface area contributed by atoms with Crippen molar-refractivity contribution in [2.45, 2.75) is 13.5 Å². The van der Waals surface area contributed by atoms with Crippen LogP contribution in [0.15, 0.2) is 46.9 Å². The number of rotatable bonds is 5. The Morgan fingerprint density at radius 3 is 2.69 bits per heavy atom. The minimum atomic E-state index is -0.349. The topological polar surface area (TPSA) is 69.0 Å². The second-order valence-electron chi connectivity index (χ2n) is 5.55. The van der Waals surface area contributed by atoms with Gasteiger partial charge in [-0.3, -0.25) is 4.79 Å². The summed E-state index contributed by atoms with van der Waals surface area (Å²) >= 11 is 3.40. The van der Waals surface area contributed by atoms with Crippen LogP contribution in [0.5, 0.6) is 5.75 Å². The van der Waals surface area contributed by atoms with Crippen LogP contribution in [-0.2, 0) is 6.54 Å². The summed E-state index contributed by atoms with van der Waals surface area (Å²) in [5.41, 5.74) is 2.24. The molecule has 2 aromatic carbocycles. The molecule has 0 aliphatic rings. The monoisotopic (exact) mass is 418 g/mol. The lowest BCUT2D eigenvalue weighted by molar-refractivity contribution is 0.0945. The van der Waals surface area contributed by atoms with Crippen molar-refractivity contribution in [2.75, 3.05) is 7.11 Å². The Kier molecular flexibility index (Phi) is 5.32. The number of aromatic nitrogens is 3. The van der Waals surface area contributed by atoms with E-state index in [9.17, 15) is 9.18 Å². The molecule has 0 aliphatic carbocycles. The van der Waals surface area contributed by atoms with Crippen molar-refractivity contribution in [3.63, 3.8) is 0 Å². The smallest absolute Gasteiger partial charge is 0.274 e. The van der Waals surface area contributed by atoms with Gasteiger partial charge in [-0.05, 0) is 49.4 Å². The molecule has 1 N–H and O–H groups in total. The maximum absolute atomic E-state index is 13.1. The molecule has 0 unspecified atom stereocenters. The van der Waals surface area contributed by atoms with E-state index < -0.39 is 0 Å². The molecule has 1 aromatic heterocycles. The highest BCUT2D eigenvalue weighted by Gasteiger charge is 2.17. The zero-order valence-corrected chi connectivity index (χ0v) is 15.7. The highest BCUT2D eigenvalue weighted by atomic mass is 79.9. The van der Waals surface area contributed by atoms with Gasteiger partial charge in [0.05, 0.1) is 18.5 Å². The van der Waals surface area contributed by atoms with Crippen LogP contribution < -0.4 is 10.1 Å². The number of hydrogen-bond acceptors (Lipinski definition) is 4. The van der Waals surface area contributed by atoms with E-state index in [1.165, 1.54) is 16.8 Å². The molecule has 1 heterocycles. The lowest BCUT2D eigenvalue weighted by Crippen LogP contribution is -2.24. The number of ether oxygens (including phenoxy) is 1. The number of hydrogen-bond donors (Lipinski definition) is 1. The molecule has 0 atom stereocenters. The molecule has 3 rings (SSSR count). The highest BCUT2D eigenvalue weighted by molar-refractivity contribution is 9.10. The first-order chi connectivity index (χ1) is 12.5. The second-order valence-corrected chi connectivity index (χ2v) is 6.47. The summed E-state index contributed by atoms with van der Waals surface area (Å²) in [7, 11) is 1.58. The number of carbonyl (C=O) groups excluding carboxylic acids is 1. The highest BCUT2D eigenvalue weighted by Crippen LogP contribution is 2.23. The Hall–Kier alpha value is -2.74. The zero-order valence-electron chi connectivity index (χ0n) is 14.2. The summed E-state index contributed by atoms with van der Waals surface area (Å²) in [5.74, 6) is -0.00877. The third kappa shape index (κ3) is 3.75. The Labute approximate surface area is 158 Å². The van der Waals surface area contributed by atoms with Crippen molar-refractivity contribution in [3.05, 3.63) is 69.7 Å². The molecule has 0 saturated carbocycles. The van der Waals surface area contributed by atoms with Crippen molar-refractivity contribution >= 4 is 21.8 Å². The number of halogens is 2. The lowest BCUT2D eigenvalue weighted by atomic mass is 10.2. The van der Waals surface area contributed by atoms with Crippen molar-refractivity contribution in [1.29, 1.82) is 0 Å². The molecule has 1 amide bonds. The van der Waals surface area contributed by atoms with E-state index in [-0.39, 0.29) is 24.0 Å². The number of benzene rings is 2. The van der Waals surface area contributed by atoms with Gasteiger partial charge in [0.2, 0.25) is 0 Å². The van der Waals surface area contributed by atoms with Crippen LogP contribution in [0, 0.1) is 12.7 Å². The van der Waals surface area contributed by atoms with E-state index in [0.29, 0.717) is 17.1 Å². The van der Waals surface area contributed by atoms with E-state index in [1.54, 1.807) is 26.2 Å². The van der Waals surface area contributed by atoms with Gasteiger partial charge in [-0.1, -0.05) is 21.1 Å². The Morgan fingerprint density at radius 1 is 1.27 bits per heavy atom. The third-order valence-electron chi connectivity index (χ3n) is 3.86. The van der Waals surface area contributed by atoms with Crippen molar-refractivity contribution in [1.82, 2.24) is 20.3 Å². The Bertz CT molecular complexity index is 941. The SMILES string of the molecule is COc1ccc(Br)cc1CNC(=O)c1nnn(-c2ccc(F)cc2)c1C. The molecule has 26 heavy (non-hydrogen) atoms. The maximum Gasteiger partial charge on any atom is 0.274 e. The molecule has 134 valence electrons. The Balaban J connectivity index is 1.77. The van der Waals surface area contributed by atoms with Crippen molar-refractivity contribution in [3.8, 4) is 11.4 Å². The molecule has 0 aliphatic heterocycles. The molecule has 0 radical (unpaired) electrons. The zero-order chi connectivity index (χ0) is 18.7. The molecule has 6 nitrogen and oxygen atoms in total. The van der Waals surface area contributed by atoms with Gasteiger partial charge in [0.15, 0.2) is 5.69 Å². The summed E-state index contributed by atoms with van der Waals surface area (Å²) < 4.78 is 20.7. The quantitative estimate of drug-likeness (QED) is 0.688. The molecule has 0 saturated heterocycles. The van der Waals surface area contributed by atoms with Gasteiger partial charge in [-0.2, -0.15) is 0 Å². The molecule has 0 spiro atoms. The Morgan fingerprint density at radius 2 is 2.00 bits per heavy atom. The van der Waals surface area contributed by atoms with Crippen LogP contribution in [-0.4, -0.2) is 28.0 Å². The minimum absolute atomic E-state index is 0.211. The maximum atomic E-state index is 13.1. The number of carbonyl (C=O) groups is 1. The van der Waals surface area contributed by atoms with Crippen molar-refractivity contribution < 1.29 is 13.9 Å². The van der Waals surface area contributed by atoms with Crippen LogP contribution in [0.25, 0.3) is 5.69 Å². The fourth-order valence-corrected chi connectivity index (χ4v) is 2.92. The van der Waals surface area contributed by atoms with Crippen LogP contribution >= 0.6 is 15.9 Å². The van der Waals surface area contributed by atoms with Gasteiger partial charge in [0, 0.05) is 16.6 Å². The predicted octanol–water partition coefficient (Wildman–Crippen LogP) is 3.42. The van der Waals surface area contributed by atoms with Gasteiger partial charge in [-0.25, -0.2) is 9.07 Å². The van der Waals surface area contributed by atoms with E-state index in [2.05, 4.69) is 31.6 Å². The van der Waals surface area contributed by atoms with Gasteiger partial charge in [0.1, 0.15) is 11.6 Å². The van der Waals surface area contributed by atoms with E-state index in [4.69, 9.17) is 4.74 Å². The number of nitrogens with one attached hydrogen (secondary N) is 1. The molecular weight excluding hydrogens is 403 g/mol. The summed E-state index contributed by atoms with van der Waals surface area (Å²) in [4.78, 5) is 12.5. The molecule has 0 fully saturated rings. The summed E-state index contributed by atoms with van der Waals surface area (Å²) in [6.45, 7) is 2.02. The largest absolute Gasteiger partial charge is 0.496 e. The standard InChI is InChI=1S/C18H16BrFN4O2/c1-11-17(22-23-24(11)15-6-4-14(20)5-7-15)18(25)21-10-12-9-13(19)3-8-16(12)26-2/h3-9H,10H2,1-2H3,(H,21,25). The van der Waals surface area contributed by atoms with E-state index >= 15 is 0 Å². The van der Waals surface area contributed by atoms with Crippen LogP contribution in [0.2, 0.25) is 0 Å². The van der Waals surface area contributed by atoms with Gasteiger partial charge < -0.3 is 10.1 Å². The fraction of sp³-hybridized carbons (Fsp3) is 0.167. The number of amides is 1. The normalized spacial score (nSPS) is 10.6. The number of methoxy groups -OCH3 is 1. The molecule has 8 heteroatoms. The van der Waals surface area contributed by atoms with Crippen LogP contribution in [0.1, 0.15) is 21.7 Å². The summed E-state index contributed by atoms with van der Waals surface area (Å²) in [6.07, 6.45) is 0. The third-order valence-corrected chi connectivity index (χ3v) is 4.36. The second kappa shape index (κ2) is 7.65.